The largest absolute Gasteiger partial charge is 0.385 e. The zero-order valence-corrected chi connectivity index (χ0v) is 13.2. The van der Waals surface area contributed by atoms with Crippen LogP contribution in [0, 0.1) is 11.3 Å². The van der Waals surface area contributed by atoms with Gasteiger partial charge in [-0.2, -0.15) is 5.26 Å². The number of rotatable bonds is 7. The number of pyridine rings is 1. The lowest BCUT2D eigenvalue weighted by molar-refractivity contribution is -0.129. The molecule has 0 spiro atoms. The Labute approximate surface area is 136 Å². The third-order valence-electron chi connectivity index (χ3n) is 3.59. The first-order valence-corrected chi connectivity index (χ1v) is 7.56. The topological polar surface area (TPSA) is 69.0 Å². The summed E-state index contributed by atoms with van der Waals surface area (Å²) < 4.78 is 0. The van der Waals surface area contributed by atoms with Crippen LogP contribution in [0.4, 0.5) is 5.69 Å². The number of hydrogen-bond donors (Lipinski definition) is 1. The Bertz CT molecular complexity index is 662. The number of hydrogen-bond acceptors (Lipinski definition) is 4. The second kappa shape index (κ2) is 8.54. The summed E-state index contributed by atoms with van der Waals surface area (Å²) in [6.45, 7) is 1.27. The van der Waals surface area contributed by atoms with Crippen LogP contribution in [0.3, 0.4) is 0 Å². The molecule has 118 valence electrons. The van der Waals surface area contributed by atoms with Gasteiger partial charge in [0, 0.05) is 44.6 Å². The molecule has 0 saturated heterocycles. The molecule has 2 aromatic rings. The minimum absolute atomic E-state index is 0.111. The van der Waals surface area contributed by atoms with E-state index < -0.39 is 0 Å². The smallest absolute Gasteiger partial charge is 0.224 e. The Morgan fingerprint density at radius 3 is 2.57 bits per heavy atom. The number of carbonyl (C=O) groups excluding carboxylic acids is 1. The van der Waals surface area contributed by atoms with E-state index in [2.05, 4.69) is 16.4 Å². The van der Waals surface area contributed by atoms with E-state index in [-0.39, 0.29) is 5.91 Å². The molecule has 2 rings (SSSR count). The summed E-state index contributed by atoms with van der Waals surface area (Å²) in [7, 11) is 1.82. The molecule has 1 N–H and O–H groups in total. The molecule has 1 amide bonds. The van der Waals surface area contributed by atoms with Gasteiger partial charge >= 0.3 is 0 Å². The van der Waals surface area contributed by atoms with Crippen molar-refractivity contribution >= 4 is 11.6 Å². The van der Waals surface area contributed by atoms with Crippen molar-refractivity contribution in [3.8, 4) is 6.07 Å². The van der Waals surface area contributed by atoms with Crippen LogP contribution in [0.2, 0.25) is 0 Å². The summed E-state index contributed by atoms with van der Waals surface area (Å²) in [5.41, 5.74) is 2.72. The second-order valence-corrected chi connectivity index (χ2v) is 5.29. The molecular weight excluding hydrogens is 288 g/mol. The average molecular weight is 308 g/mol. The van der Waals surface area contributed by atoms with E-state index in [0.717, 1.165) is 12.1 Å². The van der Waals surface area contributed by atoms with E-state index in [0.29, 0.717) is 25.1 Å². The van der Waals surface area contributed by atoms with Gasteiger partial charge in [0.05, 0.1) is 11.6 Å². The number of likely N-dealkylation sites (N-methyl/N-ethyl adjacent to an activating group) is 1. The maximum atomic E-state index is 12.1. The Balaban J connectivity index is 1.70. The molecule has 1 aromatic carbocycles. The average Bonchev–Trinajstić information content (AvgIpc) is 2.61. The number of amides is 1. The number of aromatic nitrogens is 1. The summed E-state index contributed by atoms with van der Waals surface area (Å²) in [5, 5.41) is 11.9. The van der Waals surface area contributed by atoms with E-state index in [1.54, 1.807) is 29.4 Å². The summed E-state index contributed by atoms with van der Waals surface area (Å²) in [6.07, 6.45) is 4.79. The van der Waals surface area contributed by atoms with Gasteiger partial charge in [-0.1, -0.05) is 0 Å². The van der Waals surface area contributed by atoms with E-state index in [9.17, 15) is 4.79 Å². The van der Waals surface area contributed by atoms with Gasteiger partial charge in [0.2, 0.25) is 5.91 Å². The molecule has 0 radical (unpaired) electrons. The highest BCUT2D eigenvalue weighted by molar-refractivity contribution is 5.76. The van der Waals surface area contributed by atoms with Crippen LogP contribution < -0.4 is 5.32 Å². The van der Waals surface area contributed by atoms with Crippen LogP contribution in [-0.2, 0) is 11.2 Å². The molecule has 0 aliphatic rings. The molecule has 5 heteroatoms. The summed E-state index contributed by atoms with van der Waals surface area (Å²) >= 11 is 0. The van der Waals surface area contributed by atoms with Gasteiger partial charge in [-0.05, 0) is 48.4 Å². The maximum absolute atomic E-state index is 12.1. The molecule has 0 aliphatic carbocycles. The van der Waals surface area contributed by atoms with Crippen molar-refractivity contribution in [2.45, 2.75) is 12.8 Å². The van der Waals surface area contributed by atoms with Gasteiger partial charge in [-0.25, -0.2) is 0 Å². The highest BCUT2D eigenvalue weighted by Crippen LogP contribution is 2.08. The molecule has 1 heterocycles. The first-order chi connectivity index (χ1) is 11.2. The van der Waals surface area contributed by atoms with Crippen molar-refractivity contribution in [3.05, 3.63) is 59.9 Å². The monoisotopic (exact) mass is 308 g/mol. The van der Waals surface area contributed by atoms with Gasteiger partial charge in [-0.3, -0.25) is 9.78 Å². The zero-order valence-electron chi connectivity index (χ0n) is 13.2. The molecule has 0 fully saturated rings. The fraction of sp³-hybridized carbons (Fsp3) is 0.278. The second-order valence-electron chi connectivity index (χ2n) is 5.29. The van der Waals surface area contributed by atoms with Crippen LogP contribution in [0.5, 0.6) is 0 Å². The zero-order chi connectivity index (χ0) is 16.5. The Morgan fingerprint density at radius 2 is 1.91 bits per heavy atom. The number of benzene rings is 1. The summed E-state index contributed by atoms with van der Waals surface area (Å²) in [4.78, 5) is 17.8. The lowest BCUT2D eigenvalue weighted by Crippen LogP contribution is -2.30. The molecule has 0 bridgehead atoms. The highest BCUT2D eigenvalue weighted by Gasteiger charge is 2.08. The minimum atomic E-state index is 0.111. The Kier molecular flexibility index (Phi) is 6.13. The molecule has 0 atom stereocenters. The fourth-order valence-corrected chi connectivity index (χ4v) is 2.14. The van der Waals surface area contributed by atoms with E-state index in [1.807, 2.05) is 31.3 Å². The van der Waals surface area contributed by atoms with Gasteiger partial charge in [0.1, 0.15) is 0 Å². The number of carbonyl (C=O) groups is 1. The van der Waals surface area contributed by atoms with Gasteiger partial charge < -0.3 is 10.2 Å². The number of nitrogens with zero attached hydrogens (tertiary/aromatic N) is 3. The quantitative estimate of drug-likeness (QED) is 0.853. The molecule has 5 nitrogen and oxygen atoms in total. The first-order valence-electron chi connectivity index (χ1n) is 7.56. The number of anilines is 1. The Hall–Kier alpha value is -2.87. The van der Waals surface area contributed by atoms with Gasteiger partial charge in [0.25, 0.3) is 0 Å². The van der Waals surface area contributed by atoms with Crippen molar-refractivity contribution in [1.82, 2.24) is 9.88 Å². The Morgan fingerprint density at radius 1 is 1.22 bits per heavy atom. The molecular formula is C18H20N4O. The molecule has 23 heavy (non-hydrogen) atoms. The summed E-state index contributed by atoms with van der Waals surface area (Å²) in [6, 6.07) is 13.2. The highest BCUT2D eigenvalue weighted by atomic mass is 16.2. The van der Waals surface area contributed by atoms with Crippen LogP contribution in [0.15, 0.2) is 48.8 Å². The lowest BCUT2D eigenvalue weighted by atomic mass is 10.2. The van der Waals surface area contributed by atoms with Crippen LogP contribution in [-0.4, -0.2) is 35.9 Å². The third kappa shape index (κ3) is 5.44. The number of nitrogens with one attached hydrogen (secondary N) is 1. The third-order valence-corrected chi connectivity index (χ3v) is 3.59. The van der Waals surface area contributed by atoms with Crippen LogP contribution >= 0.6 is 0 Å². The van der Waals surface area contributed by atoms with E-state index >= 15 is 0 Å². The van der Waals surface area contributed by atoms with Gasteiger partial charge in [-0.15, -0.1) is 0 Å². The van der Waals surface area contributed by atoms with Crippen LogP contribution in [0.1, 0.15) is 17.5 Å². The SMILES string of the molecule is CN(CCc1ccncc1)C(=O)CCNc1ccc(C#N)cc1. The number of nitriles is 1. The molecule has 1 aromatic heterocycles. The fourth-order valence-electron chi connectivity index (χ4n) is 2.14. The molecule has 0 unspecified atom stereocenters. The van der Waals surface area contributed by atoms with Crippen molar-refractivity contribution in [2.75, 3.05) is 25.5 Å². The van der Waals surface area contributed by atoms with Crippen molar-refractivity contribution in [2.24, 2.45) is 0 Å². The van der Waals surface area contributed by atoms with Crippen molar-refractivity contribution in [1.29, 1.82) is 5.26 Å². The minimum Gasteiger partial charge on any atom is -0.385 e. The molecule has 0 aliphatic heterocycles. The molecule has 0 saturated carbocycles. The normalized spacial score (nSPS) is 9.91. The van der Waals surface area contributed by atoms with Gasteiger partial charge in [0.15, 0.2) is 0 Å². The lowest BCUT2D eigenvalue weighted by Gasteiger charge is -2.17. The predicted molar refractivity (Wildman–Crippen MR) is 89.8 cm³/mol. The standard InChI is InChI=1S/C18H20N4O/c1-22(13-9-15-6-10-20-11-7-15)18(23)8-12-21-17-4-2-16(14-19)3-5-17/h2-7,10-11,21H,8-9,12-13H2,1H3. The summed E-state index contributed by atoms with van der Waals surface area (Å²) in [5.74, 6) is 0.111. The maximum Gasteiger partial charge on any atom is 0.224 e. The van der Waals surface area contributed by atoms with E-state index in [4.69, 9.17) is 5.26 Å². The van der Waals surface area contributed by atoms with Crippen molar-refractivity contribution in [3.63, 3.8) is 0 Å². The van der Waals surface area contributed by atoms with Crippen LogP contribution in [0.25, 0.3) is 0 Å². The van der Waals surface area contributed by atoms with Crippen molar-refractivity contribution < 1.29 is 4.79 Å². The van der Waals surface area contributed by atoms with E-state index in [1.165, 1.54) is 5.56 Å². The first kappa shape index (κ1) is 16.5. The predicted octanol–water partition coefficient (Wildman–Crippen LogP) is 2.46.